The van der Waals surface area contributed by atoms with Crippen molar-refractivity contribution in [2.45, 2.75) is 31.3 Å². The van der Waals surface area contributed by atoms with E-state index in [0.29, 0.717) is 26.4 Å². The van der Waals surface area contributed by atoms with Crippen LogP contribution in [0.5, 0.6) is 5.75 Å². The summed E-state index contributed by atoms with van der Waals surface area (Å²) in [7, 11) is 0. The molecule has 2 unspecified atom stereocenters. The number of morpholine rings is 1. The maximum absolute atomic E-state index is 13.4. The third kappa shape index (κ3) is 4.00. The number of fused-ring (bicyclic) bond motifs is 5. The normalized spacial score (nSPS) is 20.6. The van der Waals surface area contributed by atoms with Crippen molar-refractivity contribution >= 4 is 11.7 Å². The summed E-state index contributed by atoms with van der Waals surface area (Å²) in [6.45, 7) is 3.95. The van der Waals surface area contributed by atoms with Crippen LogP contribution in [0.15, 0.2) is 78.9 Å². The largest absolute Gasteiger partial charge is 0.494 e. The lowest BCUT2D eigenvalue weighted by Crippen LogP contribution is -2.56. The predicted octanol–water partition coefficient (Wildman–Crippen LogP) is 5.89. The summed E-state index contributed by atoms with van der Waals surface area (Å²) >= 11 is 0. The topological polar surface area (TPSA) is 48.0 Å². The SMILES string of the molecule is CCOc1cccc(C2=CC3COCC(C2)N3C(=O)OCC2c3ccccc3-c3ccccc32)c1. The van der Waals surface area contributed by atoms with Crippen molar-refractivity contribution in [3.63, 3.8) is 0 Å². The molecule has 2 aliphatic heterocycles. The van der Waals surface area contributed by atoms with Crippen molar-refractivity contribution in [2.24, 2.45) is 0 Å². The Kier molecular flexibility index (Phi) is 5.78. The van der Waals surface area contributed by atoms with Gasteiger partial charge in [0.15, 0.2) is 0 Å². The number of benzene rings is 3. The molecule has 35 heavy (non-hydrogen) atoms. The molecule has 2 atom stereocenters. The zero-order chi connectivity index (χ0) is 23.8. The van der Waals surface area contributed by atoms with Gasteiger partial charge in [0.2, 0.25) is 0 Å². The van der Waals surface area contributed by atoms with Crippen molar-refractivity contribution in [2.75, 3.05) is 26.4 Å². The molecule has 0 aromatic heterocycles. The van der Waals surface area contributed by atoms with Crippen LogP contribution >= 0.6 is 0 Å². The second-order valence-electron chi connectivity index (χ2n) is 9.33. The van der Waals surface area contributed by atoms with E-state index in [0.717, 1.165) is 17.7 Å². The van der Waals surface area contributed by atoms with E-state index < -0.39 is 0 Å². The first-order valence-corrected chi connectivity index (χ1v) is 12.4. The molecule has 0 spiro atoms. The van der Waals surface area contributed by atoms with E-state index in [1.54, 1.807) is 0 Å². The summed E-state index contributed by atoms with van der Waals surface area (Å²) in [5, 5.41) is 0. The minimum atomic E-state index is -0.261. The van der Waals surface area contributed by atoms with Gasteiger partial charge < -0.3 is 14.2 Å². The number of ether oxygens (including phenoxy) is 3. The second kappa shape index (κ2) is 9.23. The molecule has 0 N–H and O–H groups in total. The molecule has 1 fully saturated rings. The molecule has 1 saturated heterocycles. The Labute approximate surface area is 205 Å². The van der Waals surface area contributed by atoms with Gasteiger partial charge in [-0.15, -0.1) is 0 Å². The van der Waals surface area contributed by atoms with Crippen molar-refractivity contribution in [1.29, 1.82) is 0 Å². The van der Waals surface area contributed by atoms with Gasteiger partial charge in [0, 0.05) is 5.92 Å². The molecular formula is C30H29NO4. The zero-order valence-corrected chi connectivity index (χ0v) is 19.9. The quantitative estimate of drug-likeness (QED) is 0.469. The number of carbonyl (C=O) groups excluding carboxylic acids is 1. The molecule has 5 heteroatoms. The number of amides is 1. The van der Waals surface area contributed by atoms with Gasteiger partial charge in [-0.05, 0) is 58.9 Å². The van der Waals surface area contributed by atoms with Crippen LogP contribution in [-0.2, 0) is 9.47 Å². The van der Waals surface area contributed by atoms with E-state index in [1.165, 1.54) is 27.8 Å². The average Bonchev–Trinajstić information content (AvgIpc) is 3.20. The van der Waals surface area contributed by atoms with Gasteiger partial charge in [-0.1, -0.05) is 66.7 Å². The number of hydrogen-bond donors (Lipinski definition) is 0. The molecule has 178 valence electrons. The van der Waals surface area contributed by atoms with Gasteiger partial charge in [0.25, 0.3) is 0 Å². The van der Waals surface area contributed by atoms with Gasteiger partial charge in [-0.3, -0.25) is 4.90 Å². The van der Waals surface area contributed by atoms with Gasteiger partial charge >= 0.3 is 6.09 Å². The van der Waals surface area contributed by atoms with Gasteiger partial charge in [0.1, 0.15) is 12.4 Å². The molecule has 2 bridgehead atoms. The van der Waals surface area contributed by atoms with Crippen LogP contribution < -0.4 is 4.74 Å². The van der Waals surface area contributed by atoms with Gasteiger partial charge in [-0.25, -0.2) is 4.79 Å². The summed E-state index contributed by atoms with van der Waals surface area (Å²) in [5.74, 6) is 0.922. The summed E-state index contributed by atoms with van der Waals surface area (Å²) in [6.07, 6.45) is 2.63. The lowest BCUT2D eigenvalue weighted by molar-refractivity contribution is -0.0331. The molecule has 2 heterocycles. The minimum absolute atomic E-state index is 0.0415. The highest BCUT2D eigenvalue weighted by Gasteiger charge is 2.40. The van der Waals surface area contributed by atoms with E-state index in [1.807, 2.05) is 24.0 Å². The van der Waals surface area contributed by atoms with Crippen molar-refractivity contribution in [3.05, 3.63) is 95.6 Å². The van der Waals surface area contributed by atoms with Crippen LogP contribution in [0.25, 0.3) is 16.7 Å². The zero-order valence-electron chi connectivity index (χ0n) is 19.9. The monoisotopic (exact) mass is 467 g/mol. The summed E-state index contributed by atoms with van der Waals surface area (Å²) in [5.41, 5.74) is 7.27. The van der Waals surface area contributed by atoms with Crippen LogP contribution in [0.3, 0.4) is 0 Å². The molecule has 3 aliphatic rings. The van der Waals surface area contributed by atoms with Crippen molar-refractivity contribution in [3.8, 4) is 16.9 Å². The fourth-order valence-corrected chi connectivity index (χ4v) is 5.72. The summed E-state index contributed by atoms with van der Waals surface area (Å²) in [6, 6.07) is 24.8. The van der Waals surface area contributed by atoms with Crippen molar-refractivity contribution < 1.29 is 19.0 Å². The molecule has 1 amide bonds. The summed E-state index contributed by atoms with van der Waals surface area (Å²) in [4.78, 5) is 15.3. The van der Waals surface area contributed by atoms with Crippen molar-refractivity contribution in [1.82, 2.24) is 4.90 Å². The molecule has 6 rings (SSSR count). The maximum Gasteiger partial charge on any atom is 0.410 e. The van der Waals surface area contributed by atoms with Crippen LogP contribution in [0.2, 0.25) is 0 Å². The smallest absolute Gasteiger partial charge is 0.410 e. The summed E-state index contributed by atoms with van der Waals surface area (Å²) < 4.78 is 17.5. The molecule has 3 aromatic carbocycles. The third-order valence-corrected chi connectivity index (χ3v) is 7.26. The second-order valence-corrected chi connectivity index (χ2v) is 9.33. The first-order chi connectivity index (χ1) is 17.2. The molecule has 0 radical (unpaired) electrons. The lowest BCUT2D eigenvalue weighted by atomic mass is 9.90. The first-order valence-electron chi connectivity index (χ1n) is 12.4. The van der Waals surface area contributed by atoms with Crippen LogP contribution in [0.4, 0.5) is 4.79 Å². The van der Waals surface area contributed by atoms with Crippen LogP contribution in [-0.4, -0.2) is 49.5 Å². The predicted molar refractivity (Wildman–Crippen MR) is 136 cm³/mol. The maximum atomic E-state index is 13.4. The van der Waals surface area contributed by atoms with Crippen LogP contribution in [0, 0.1) is 0 Å². The van der Waals surface area contributed by atoms with E-state index in [9.17, 15) is 4.79 Å². The number of rotatable bonds is 5. The third-order valence-electron chi connectivity index (χ3n) is 7.26. The Morgan fingerprint density at radius 3 is 2.43 bits per heavy atom. The Morgan fingerprint density at radius 1 is 0.971 bits per heavy atom. The molecule has 5 nitrogen and oxygen atoms in total. The molecule has 1 aliphatic carbocycles. The standard InChI is InChI=1S/C30H29NO4/c1-2-34-24-9-7-8-20(16-24)21-14-22-17-33-18-23(15-21)31(22)30(32)35-19-29-27-12-5-3-10-25(27)26-11-4-6-13-28(26)29/h3-14,16,22-23,29H,2,15,17-19H2,1H3. The Hall–Kier alpha value is -3.57. The fourth-order valence-electron chi connectivity index (χ4n) is 5.72. The van der Waals surface area contributed by atoms with E-state index in [4.69, 9.17) is 14.2 Å². The van der Waals surface area contributed by atoms with Gasteiger partial charge in [-0.2, -0.15) is 0 Å². The van der Waals surface area contributed by atoms with E-state index >= 15 is 0 Å². The highest BCUT2D eigenvalue weighted by molar-refractivity contribution is 5.79. The molecular weight excluding hydrogens is 438 g/mol. The van der Waals surface area contributed by atoms with E-state index in [-0.39, 0.29) is 24.1 Å². The minimum Gasteiger partial charge on any atom is -0.494 e. The number of carbonyl (C=O) groups is 1. The van der Waals surface area contributed by atoms with E-state index in [2.05, 4.69) is 66.7 Å². The molecule has 3 aromatic rings. The Morgan fingerprint density at radius 2 is 1.71 bits per heavy atom. The number of hydrogen-bond acceptors (Lipinski definition) is 4. The lowest BCUT2D eigenvalue weighted by Gasteiger charge is -2.44. The highest BCUT2D eigenvalue weighted by atomic mass is 16.6. The Bertz CT molecular complexity index is 1240. The van der Waals surface area contributed by atoms with Crippen LogP contribution in [0.1, 0.15) is 36.0 Å². The van der Waals surface area contributed by atoms with Gasteiger partial charge in [0.05, 0.1) is 31.9 Å². The fraction of sp³-hybridized carbons (Fsp3) is 0.300. The Balaban J connectivity index is 1.20. The number of nitrogens with zero attached hydrogens (tertiary/aromatic N) is 1. The average molecular weight is 468 g/mol. The highest BCUT2D eigenvalue weighted by Crippen LogP contribution is 2.44. The molecule has 0 saturated carbocycles. The first kappa shape index (κ1) is 21.9.